The number of nitrogens with zero attached hydrogens (tertiary/aromatic N) is 3. The van der Waals surface area contributed by atoms with E-state index in [1.165, 1.54) is 0 Å². The maximum absolute atomic E-state index is 12.4. The first kappa shape index (κ1) is 20.8. The van der Waals surface area contributed by atoms with Crippen LogP contribution in [-0.2, 0) is 23.0 Å². The third kappa shape index (κ3) is 4.08. The number of fused-ring (bicyclic) bond motifs is 2. The smallest absolute Gasteiger partial charge is 0.245 e. The molecule has 3 aromatic heterocycles. The summed E-state index contributed by atoms with van der Waals surface area (Å²) in [5.41, 5.74) is 10.4. The Labute approximate surface area is 188 Å². The van der Waals surface area contributed by atoms with Crippen molar-refractivity contribution >= 4 is 37.9 Å². The Kier molecular flexibility index (Phi) is 4.95. The molecule has 33 heavy (non-hydrogen) atoms. The summed E-state index contributed by atoms with van der Waals surface area (Å²) in [4.78, 5) is 15.7. The molecule has 0 bridgehead atoms. The number of aromatic amines is 2. The third-order valence-electron chi connectivity index (χ3n) is 5.23. The number of aryl methyl sites for hydroxylation is 1. The molecule has 0 saturated carbocycles. The molecule has 6 N–H and O–H groups in total. The predicted octanol–water partition coefficient (Wildman–Crippen LogP) is 2.09. The molecule has 0 aliphatic heterocycles. The van der Waals surface area contributed by atoms with Crippen molar-refractivity contribution in [1.29, 1.82) is 5.41 Å². The SMILES string of the molecule is Cc1nocc1S(=O)(=O)NCc1ccc2nc(Cc3nc4ccc(C(=N)N)cc4[nH]3)[nH]c2c1. The van der Waals surface area contributed by atoms with Crippen molar-refractivity contribution in [2.45, 2.75) is 24.8 Å². The van der Waals surface area contributed by atoms with Crippen molar-refractivity contribution in [3.05, 3.63) is 71.1 Å². The van der Waals surface area contributed by atoms with E-state index in [9.17, 15) is 8.42 Å². The van der Waals surface area contributed by atoms with Crippen molar-refractivity contribution in [3.8, 4) is 0 Å². The standard InChI is InChI=1S/C21H20N8O3S/c1-11-18(10-32-29-11)33(30,31)24-9-12-2-4-14-16(6-12)27-19(25-14)8-20-26-15-5-3-13(21(22)23)7-17(15)28-20/h2-7,10,24H,8-9H2,1H3,(H3,22,23)(H,25,27)(H,26,28). The first-order valence-electron chi connectivity index (χ1n) is 10.00. The van der Waals surface area contributed by atoms with Gasteiger partial charge in [0.15, 0.2) is 0 Å². The zero-order valence-electron chi connectivity index (χ0n) is 17.5. The maximum atomic E-state index is 12.4. The Bertz CT molecular complexity index is 1610. The largest absolute Gasteiger partial charge is 0.384 e. The van der Waals surface area contributed by atoms with E-state index in [4.69, 9.17) is 15.7 Å². The van der Waals surface area contributed by atoms with Gasteiger partial charge < -0.3 is 20.2 Å². The average molecular weight is 465 g/mol. The van der Waals surface area contributed by atoms with Crippen LogP contribution in [0.25, 0.3) is 22.1 Å². The molecule has 0 atom stereocenters. The molecular weight excluding hydrogens is 444 g/mol. The number of hydrogen-bond donors (Lipinski definition) is 5. The highest BCUT2D eigenvalue weighted by atomic mass is 32.2. The van der Waals surface area contributed by atoms with Crippen LogP contribution in [0.4, 0.5) is 0 Å². The highest BCUT2D eigenvalue weighted by molar-refractivity contribution is 7.89. The molecule has 0 spiro atoms. The number of aromatic nitrogens is 5. The second kappa shape index (κ2) is 7.83. The van der Waals surface area contributed by atoms with Gasteiger partial charge in [-0.15, -0.1) is 0 Å². The van der Waals surface area contributed by atoms with E-state index in [0.29, 0.717) is 23.5 Å². The van der Waals surface area contributed by atoms with Gasteiger partial charge in [-0.2, -0.15) is 0 Å². The van der Waals surface area contributed by atoms with E-state index >= 15 is 0 Å². The molecular formula is C21H20N8O3S. The van der Waals surface area contributed by atoms with Gasteiger partial charge in [-0.3, -0.25) is 5.41 Å². The van der Waals surface area contributed by atoms with Gasteiger partial charge in [0.1, 0.15) is 34.3 Å². The molecule has 5 rings (SSSR count). The van der Waals surface area contributed by atoms with Crippen molar-refractivity contribution in [1.82, 2.24) is 29.8 Å². The average Bonchev–Trinajstić information content (AvgIpc) is 3.48. The van der Waals surface area contributed by atoms with E-state index in [0.717, 1.165) is 39.7 Å². The summed E-state index contributed by atoms with van der Waals surface area (Å²) < 4.78 is 32.1. The summed E-state index contributed by atoms with van der Waals surface area (Å²) in [7, 11) is -3.72. The Morgan fingerprint density at radius 3 is 2.39 bits per heavy atom. The van der Waals surface area contributed by atoms with Gasteiger partial charge in [0.2, 0.25) is 10.0 Å². The van der Waals surface area contributed by atoms with Crippen LogP contribution in [0.15, 0.2) is 52.1 Å². The zero-order chi connectivity index (χ0) is 23.2. The monoisotopic (exact) mass is 464 g/mol. The number of nitrogen functional groups attached to an aromatic ring is 1. The molecule has 0 aliphatic rings. The van der Waals surface area contributed by atoms with Gasteiger partial charge in [-0.25, -0.2) is 23.1 Å². The molecule has 0 aliphatic carbocycles. The molecule has 0 amide bonds. The molecule has 0 unspecified atom stereocenters. The topological polar surface area (TPSA) is 179 Å². The third-order valence-corrected chi connectivity index (χ3v) is 6.73. The Morgan fingerprint density at radius 1 is 1.09 bits per heavy atom. The summed E-state index contributed by atoms with van der Waals surface area (Å²) in [6.07, 6.45) is 1.56. The second-order valence-corrected chi connectivity index (χ2v) is 9.37. The fourth-order valence-corrected chi connectivity index (χ4v) is 4.68. The summed E-state index contributed by atoms with van der Waals surface area (Å²) >= 11 is 0. The number of nitrogens with one attached hydrogen (secondary N) is 4. The second-order valence-electron chi connectivity index (χ2n) is 7.63. The van der Waals surface area contributed by atoms with Gasteiger partial charge in [-0.1, -0.05) is 11.2 Å². The lowest BCUT2D eigenvalue weighted by Crippen LogP contribution is -2.23. The minimum Gasteiger partial charge on any atom is -0.384 e. The van der Waals surface area contributed by atoms with Crippen LogP contribution in [0.3, 0.4) is 0 Å². The summed E-state index contributed by atoms with van der Waals surface area (Å²) in [5.74, 6) is 1.44. The van der Waals surface area contributed by atoms with E-state index in [1.807, 2.05) is 24.3 Å². The Balaban J connectivity index is 1.33. The number of hydrogen-bond acceptors (Lipinski definition) is 7. The van der Waals surface area contributed by atoms with Gasteiger partial charge in [0, 0.05) is 12.1 Å². The minimum absolute atomic E-state index is 0.00000456. The number of sulfonamides is 1. The first-order valence-corrected chi connectivity index (χ1v) is 11.5. The number of benzene rings is 2. The minimum atomic E-state index is -3.72. The molecule has 0 saturated heterocycles. The molecule has 168 valence electrons. The molecule has 2 aromatic carbocycles. The van der Waals surface area contributed by atoms with Gasteiger partial charge in [0.25, 0.3) is 0 Å². The molecule has 12 heteroatoms. The number of amidine groups is 1. The van der Waals surface area contributed by atoms with Crippen molar-refractivity contribution in [3.63, 3.8) is 0 Å². The molecule has 3 heterocycles. The van der Waals surface area contributed by atoms with Crippen molar-refractivity contribution < 1.29 is 12.9 Å². The molecule has 0 fully saturated rings. The van der Waals surface area contributed by atoms with Crippen LogP contribution in [0.1, 0.15) is 28.5 Å². The highest BCUT2D eigenvalue weighted by Crippen LogP contribution is 2.19. The fraction of sp³-hybridized carbons (Fsp3) is 0.143. The van der Waals surface area contributed by atoms with Crippen LogP contribution < -0.4 is 10.5 Å². The summed E-state index contributed by atoms with van der Waals surface area (Å²) in [5, 5.41) is 11.2. The number of imidazole rings is 2. The van der Waals surface area contributed by atoms with Gasteiger partial charge >= 0.3 is 0 Å². The van der Waals surface area contributed by atoms with E-state index in [-0.39, 0.29) is 17.3 Å². The number of H-pyrrole nitrogens is 2. The maximum Gasteiger partial charge on any atom is 0.245 e. The van der Waals surface area contributed by atoms with Crippen LogP contribution >= 0.6 is 0 Å². The van der Waals surface area contributed by atoms with Crippen LogP contribution in [0.5, 0.6) is 0 Å². The van der Waals surface area contributed by atoms with Gasteiger partial charge in [-0.05, 0) is 42.8 Å². The number of nitrogens with two attached hydrogens (primary N) is 1. The zero-order valence-corrected chi connectivity index (χ0v) is 18.3. The normalized spacial score (nSPS) is 12.0. The van der Waals surface area contributed by atoms with E-state index in [1.54, 1.807) is 19.1 Å². The summed E-state index contributed by atoms with van der Waals surface area (Å²) in [6, 6.07) is 10.9. The lowest BCUT2D eigenvalue weighted by atomic mass is 10.2. The van der Waals surface area contributed by atoms with E-state index < -0.39 is 10.0 Å². The fourth-order valence-electron chi connectivity index (χ4n) is 3.57. The summed E-state index contributed by atoms with van der Waals surface area (Å²) in [6.45, 7) is 1.68. The Morgan fingerprint density at radius 2 is 1.76 bits per heavy atom. The molecule has 0 radical (unpaired) electrons. The lowest BCUT2D eigenvalue weighted by molar-refractivity contribution is 0.413. The van der Waals surface area contributed by atoms with E-state index in [2.05, 4.69) is 29.8 Å². The van der Waals surface area contributed by atoms with Crippen LogP contribution in [0.2, 0.25) is 0 Å². The van der Waals surface area contributed by atoms with Gasteiger partial charge in [0.05, 0.1) is 28.5 Å². The van der Waals surface area contributed by atoms with Crippen molar-refractivity contribution in [2.75, 3.05) is 0 Å². The number of rotatable bonds is 7. The molecule has 11 nitrogen and oxygen atoms in total. The van der Waals surface area contributed by atoms with Crippen molar-refractivity contribution in [2.24, 2.45) is 5.73 Å². The first-order chi connectivity index (χ1) is 15.8. The Hall–Kier alpha value is -4.03. The lowest BCUT2D eigenvalue weighted by Gasteiger charge is -2.05. The van der Waals surface area contributed by atoms with Crippen LogP contribution in [0, 0.1) is 12.3 Å². The molecule has 5 aromatic rings. The van der Waals surface area contributed by atoms with Crippen LogP contribution in [-0.4, -0.2) is 39.3 Å². The highest BCUT2D eigenvalue weighted by Gasteiger charge is 2.20. The predicted molar refractivity (Wildman–Crippen MR) is 121 cm³/mol. The quantitative estimate of drug-likeness (QED) is 0.181.